The smallest absolute Gasteiger partial charge is 0.358 e. The average Bonchev–Trinajstić information content (AvgIpc) is 2.25. The number of aromatic nitrogens is 1. The largest absolute Gasteiger partial charge is 0.459 e. The molecule has 0 spiro atoms. The highest BCUT2D eigenvalue weighted by Gasteiger charge is 2.43. The van der Waals surface area contributed by atoms with Crippen molar-refractivity contribution >= 4 is 5.82 Å². The fourth-order valence-corrected chi connectivity index (χ4v) is 1.14. The van der Waals surface area contributed by atoms with Crippen LogP contribution in [0.4, 0.5) is 27.8 Å². The monoisotopic (exact) mass is 267 g/mol. The second-order valence-corrected chi connectivity index (χ2v) is 2.96. The summed E-state index contributed by atoms with van der Waals surface area (Å²) in [6.07, 6.45) is -8.69. The van der Waals surface area contributed by atoms with E-state index in [1.807, 2.05) is 0 Å². The number of alkyl halides is 5. The zero-order valence-electron chi connectivity index (χ0n) is 8.20. The number of hydrogen-bond donors (Lipinski definition) is 0. The van der Waals surface area contributed by atoms with Crippen molar-refractivity contribution in [2.75, 3.05) is 0 Å². The minimum Gasteiger partial charge on any atom is -0.358 e. The van der Waals surface area contributed by atoms with E-state index in [9.17, 15) is 32.1 Å². The molecule has 0 fully saturated rings. The number of nitro groups is 1. The maximum absolute atomic E-state index is 12.5. The van der Waals surface area contributed by atoms with Crippen molar-refractivity contribution in [2.45, 2.75) is 12.6 Å². The summed E-state index contributed by atoms with van der Waals surface area (Å²) in [7, 11) is 0. The van der Waals surface area contributed by atoms with Crippen LogP contribution in [0.25, 0.3) is 0 Å². The van der Waals surface area contributed by atoms with Crippen LogP contribution in [0.1, 0.15) is 23.2 Å². The molecule has 0 saturated heterocycles. The molecule has 0 saturated carbocycles. The molecule has 1 aromatic heterocycles. The Morgan fingerprint density at radius 3 is 2.33 bits per heavy atom. The SMILES string of the molecule is N#Cc1c(C(F)F)cc([N+](=O)[O-])nc1C(F)(F)F. The molecule has 18 heavy (non-hydrogen) atoms. The molecule has 1 heterocycles. The molecule has 1 rings (SSSR count). The lowest BCUT2D eigenvalue weighted by Gasteiger charge is -2.07. The molecule has 10 heteroatoms. The minimum absolute atomic E-state index is 0.151. The Labute approximate surface area is 95.6 Å². The highest BCUT2D eigenvalue weighted by molar-refractivity contribution is 5.47. The van der Waals surface area contributed by atoms with Crippen molar-refractivity contribution in [3.05, 3.63) is 33.0 Å². The third-order valence-corrected chi connectivity index (χ3v) is 1.84. The van der Waals surface area contributed by atoms with E-state index in [2.05, 4.69) is 4.98 Å². The normalized spacial score (nSPS) is 11.4. The topological polar surface area (TPSA) is 79.8 Å². The third kappa shape index (κ3) is 2.50. The van der Waals surface area contributed by atoms with Gasteiger partial charge in [0.1, 0.15) is 11.6 Å². The van der Waals surface area contributed by atoms with Gasteiger partial charge in [0.2, 0.25) is 0 Å². The van der Waals surface area contributed by atoms with Gasteiger partial charge in [0.25, 0.3) is 12.1 Å². The second kappa shape index (κ2) is 4.52. The van der Waals surface area contributed by atoms with Gasteiger partial charge < -0.3 is 10.1 Å². The summed E-state index contributed by atoms with van der Waals surface area (Å²) in [5.74, 6) is -1.39. The summed E-state index contributed by atoms with van der Waals surface area (Å²) >= 11 is 0. The molecule has 0 unspecified atom stereocenters. The van der Waals surface area contributed by atoms with E-state index in [4.69, 9.17) is 5.26 Å². The van der Waals surface area contributed by atoms with Crippen LogP contribution < -0.4 is 0 Å². The fraction of sp³-hybridized carbons (Fsp3) is 0.250. The van der Waals surface area contributed by atoms with E-state index in [0.29, 0.717) is 0 Å². The van der Waals surface area contributed by atoms with Crippen LogP contribution in [0.5, 0.6) is 0 Å². The molecule has 96 valence electrons. The first-order chi connectivity index (χ1) is 8.18. The van der Waals surface area contributed by atoms with Gasteiger partial charge in [-0.2, -0.15) is 18.4 Å². The molecule has 0 amide bonds. The van der Waals surface area contributed by atoms with Crippen LogP contribution in [0, 0.1) is 21.4 Å². The highest BCUT2D eigenvalue weighted by Crippen LogP contribution is 2.36. The first-order valence-corrected chi connectivity index (χ1v) is 4.13. The second-order valence-electron chi connectivity index (χ2n) is 2.96. The number of nitrogens with zero attached hydrogens (tertiary/aromatic N) is 3. The molecule has 0 bridgehead atoms. The van der Waals surface area contributed by atoms with Crippen LogP contribution in [-0.4, -0.2) is 9.91 Å². The van der Waals surface area contributed by atoms with Crippen molar-refractivity contribution in [1.82, 2.24) is 4.98 Å². The quantitative estimate of drug-likeness (QED) is 0.468. The number of halogens is 5. The maximum atomic E-state index is 12.5. The lowest BCUT2D eigenvalue weighted by Crippen LogP contribution is -2.14. The molecule has 0 aliphatic heterocycles. The van der Waals surface area contributed by atoms with E-state index in [1.54, 1.807) is 0 Å². The molecular formula is C8H2F5N3O2. The summed E-state index contributed by atoms with van der Waals surface area (Å²) in [6, 6.07) is 1.08. The Morgan fingerprint density at radius 2 is 2.00 bits per heavy atom. The van der Waals surface area contributed by atoms with Crippen LogP contribution in [0.15, 0.2) is 6.07 Å². The van der Waals surface area contributed by atoms with Gasteiger partial charge >= 0.3 is 12.0 Å². The lowest BCUT2D eigenvalue weighted by molar-refractivity contribution is -0.390. The molecule has 0 atom stereocenters. The highest BCUT2D eigenvalue weighted by atomic mass is 19.4. The average molecular weight is 267 g/mol. The number of hydrogen-bond acceptors (Lipinski definition) is 4. The van der Waals surface area contributed by atoms with E-state index >= 15 is 0 Å². The number of pyridine rings is 1. The number of nitriles is 1. The molecule has 0 N–H and O–H groups in total. The van der Waals surface area contributed by atoms with Crippen LogP contribution >= 0.6 is 0 Å². The predicted molar refractivity (Wildman–Crippen MR) is 45.6 cm³/mol. The van der Waals surface area contributed by atoms with E-state index in [1.165, 1.54) is 0 Å². The molecule has 1 aromatic rings. The third-order valence-electron chi connectivity index (χ3n) is 1.84. The van der Waals surface area contributed by atoms with Gasteiger partial charge in [-0.1, -0.05) is 0 Å². The van der Waals surface area contributed by atoms with Crippen molar-refractivity contribution in [3.63, 3.8) is 0 Å². The van der Waals surface area contributed by atoms with Gasteiger partial charge in [-0.05, 0) is 9.91 Å². The van der Waals surface area contributed by atoms with Crippen molar-refractivity contribution in [2.24, 2.45) is 0 Å². The lowest BCUT2D eigenvalue weighted by atomic mass is 10.1. The molecular weight excluding hydrogens is 265 g/mol. The molecule has 0 aliphatic carbocycles. The number of rotatable bonds is 2. The van der Waals surface area contributed by atoms with Crippen LogP contribution in [-0.2, 0) is 6.18 Å². The maximum Gasteiger partial charge on any atom is 0.459 e. The van der Waals surface area contributed by atoms with Gasteiger partial charge in [0.15, 0.2) is 0 Å². The molecule has 5 nitrogen and oxygen atoms in total. The molecule has 0 aromatic carbocycles. The van der Waals surface area contributed by atoms with Crippen molar-refractivity contribution in [1.29, 1.82) is 5.26 Å². The van der Waals surface area contributed by atoms with Gasteiger partial charge in [-0.3, -0.25) is 0 Å². The zero-order valence-corrected chi connectivity index (χ0v) is 8.20. The standard InChI is InChI=1S/C8H2F5N3O2/c9-7(10)3-1-5(16(17)18)15-6(4(3)2-14)8(11,12)13/h1,7H. The van der Waals surface area contributed by atoms with Gasteiger partial charge in [-0.25, -0.2) is 8.78 Å². The summed E-state index contributed by atoms with van der Waals surface area (Å²) in [5.41, 5.74) is -4.77. The van der Waals surface area contributed by atoms with E-state index < -0.39 is 40.2 Å². The molecule has 0 radical (unpaired) electrons. The first kappa shape index (κ1) is 13.8. The van der Waals surface area contributed by atoms with E-state index in [0.717, 1.165) is 6.07 Å². The van der Waals surface area contributed by atoms with Gasteiger partial charge in [0.05, 0.1) is 0 Å². The van der Waals surface area contributed by atoms with E-state index in [-0.39, 0.29) is 6.07 Å². The minimum atomic E-state index is -5.24. The molecule has 0 aliphatic rings. The first-order valence-electron chi connectivity index (χ1n) is 4.13. The van der Waals surface area contributed by atoms with Crippen molar-refractivity contribution in [3.8, 4) is 6.07 Å². The van der Waals surface area contributed by atoms with Crippen molar-refractivity contribution < 1.29 is 26.9 Å². The Bertz CT molecular complexity index is 535. The van der Waals surface area contributed by atoms with Gasteiger partial charge in [0, 0.05) is 11.6 Å². The van der Waals surface area contributed by atoms with Crippen LogP contribution in [0.2, 0.25) is 0 Å². The summed E-state index contributed by atoms with van der Waals surface area (Å²) in [5, 5.41) is 18.8. The summed E-state index contributed by atoms with van der Waals surface area (Å²) in [4.78, 5) is 11.5. The Hall–Kier alpha value is -2.31. The Kier molecular flexibility index (Phi) is 3.45. The summed E-state index contributed by atoms with van der Waals surface area (Å²) < 4.78 is 62.2. The fourth-order valence-electron chi connectivity index (χ4n) is 1.14. The predicted octanol–water partition coefficient (Wildman–Crippen LogP) is 2.82. The zero-order chi connectivity index (χ0) is 14.1. The summed E-state index contributed by atoms with van der Waals surface area (Å²) in [6.45, 7) is 0. The van der Waals surface area contributed by atoms with Crippen LogP contribution in [0.3, 0.4) is 0 Å². The van der Waals surface area contributed by atoms with Gasteiger partial charge in [-0.15, -0.1) is 0 Å². The Morgan fingerprint density at radius 1 is 1.44 bits per heavy atom. The Balaban J connectivity index is 3.69.